The van der Waals surface area contributed by atoms with Crippen molar-refractivity contribution in [1.82, 2.24) is 19.9 Å². The Bertz CT molecular complexity index is 1210. The average molecular weight is 434 g/mol. The molecule has 4 aromatic rings. The highest BCUT2D eigenvalue weighted by molar-refractivity contribution is 7.99. The van der Waals surface area contributed by atoms with E-state index in [0.29, 0.717) is 24.2 Å². The molecule has 0 aliphatic heterocycles. The minimum atomic E-state index is -0.215. The number of nitrogens with one attached hydrogen (secondary N) is 3. The van der Waals surface area contributed by atoms with Crippen LogP contribution in [0.1, 0.15) is 15.9 Å². The van der Waals surface area contributed by atoms with Crippen LogP contribution in [-0.4, -0.2) is 38.6 Å². The van der Waals surface area contributed by atoms with Gasteiger partial charge < -0.3 is 20.2 Å². The van der Waals surface area contributed by atoms with Gasteiger partial charge in [-0.05, 0) is 30.2 Å². The topological polar surface area (TPSA) is 91.8 Å². The number of para-hydroxylation sites is 2. The summed E-state index contributed by atoms with van der Waals surface area (Å²) in [4.78, 5) is 32.6. The van der Waals surface area contributed by atoms with Crippen molar-refractivity contribution in [2.75, 3.05) is 17.6 Å². The highest BCUT2D eigenvalue weighted by Gasteiger charge is 2.14. The predicted molar refractivity (Wildman–Crippen MR) is 123 cm³/mol. The fraction of sp³-hybridized carbons (Fsp3) is 0.174. The molecule has 2 heterocycles. The van der Waals surface area contributed by atoms with Gasteiger partial charge in [-0.25, -0.2) is 4.98 Å². The summed E-state index contributed by atoms with van der Waals surface area (Å²) in [6, 6.07) is 15.1. The Morgan fingerprint density at radius 1 is 1.13 bits per heavy atom. The molecular weight excluding hydrogens is 410 g/mol. The molecule has 0 saturated heterocycles. The second kappa shape index (κ2) is 9.53. The molecule has 2 aromatic carbocycles. The van der Waals surface area contributed by atoms with Crippen molar-refractivity contribution in [2.24, 2.45) is 7.05 Å². The number of amides is 2. The molecule has 0 atom stereocenters. The third-order valence-corrected chi connectivity index (χ3v) is 5.97. The van der Waals surface area contributed by atoms with E-state index in [9.17, 15) is 9.59 Å². The number of anilines is 1. The summed E-state index contributed by atoms with van der Waals surface area (Å²) in [6.45, 7) is 0.498. The molecule has 0 fully saturated rings. The zero-order chi connectivity index (χ0) is 21.6. The molecule has 0 radical (unpaired) electrons. The van der Waals surface area contributed by atoms with Crippen LogP contribution in [0.5, 0.6) is 0 Å². The first-order chi connectivity index (χ1) is 15.1. The maximum atomic E-state index is 12.7. The number of aryl methyl sites for hydroxylation is 1. The second-order valence-corrected chi connectivity index (χ2v) is 8.01. The van der Waals surface area contributed by atoms with E-state index in [1.165, 1.54) is 11.8 Å². The monoisotopic (exact) mass is 433 g/mol. The Hall–Kier alpha value is -3.52. The lowest BCUT2D eigenvalue weighted by Gasteiger charge is -2.11. The Balaban J connectivity index is 1.34. The molecule has 0 bridgehead atoms. The Morgan fingerprint density at radius 2 is 1.94 bits per heavy atom. The SMILES string of the molecule is Cn1ccnc1SCC(=O)Nc1ccccc1C(=O)NCCc1c[nH]c2ccccc12. The smallest absolute Gasteiger partial charge is 0.253 e. The van der Waals surface area contributed by atoms with Gasteiger partial charge >= 0.3 is 0 Å². The van der Waals surface area contributed by atoms with E-state index < -0.39 is 0 Å². The number of aromatic nitrogens is 3. The lowest BCUT2D eigenvalue weighted by atomic mass is 10.1. The molecule has 8 heteroatoms. The van der Waals surface area contributed by atoms with Crippen LogP contribution in [0.15, 0.2) is 72.3 Å². The van der Waals surface area contributed by atoms with Crippen molar-refractivity contribution < 1.29 is 9.59 Å². The summed E-state index contributed by atoms with van der Waals surface area (Å²) in [5, 5.41) is 7.72. The lowest BCUT2D eigenvalue weighted by Crippen LogP contribution is -2.27. The van der Waals surface area contributed by atoms with Crippen molar-refractivity contribution in [3.63, 3.8) is 0 Å². The summed E-state index contributed by atoms with van der Waals surface area (Å²) in [5.74, 6) is -0.194. The molecule has 158 valence electrons. The molecule has 0 aliphatic carbocycles. The van der Waals surface area contributed by atoms with E-state index in [4.69, 9.17) is 0 Å². The van der Waals surface area contributed by atoms with Crippen LogP contribution in [-0.2, 0) is 18.3 Å². The number of imidazole rings is 1. The fourth-order valence-corrected chi connectivity index (χ4v) is 4.07. The highest BCUT2D eigenvalue weighted by atomic mass is 32.2. The molecule has 31 heavy (non-hydrogen) atoms. The molecule has 0 aliphatic rings. The van der Waals surface area contributed by atoms with Crippen LogP contribution < -0.4 is 10.6 Å². The van der Waals surface area contributed by atoms with Gasteiger partial charge in [0.05, 0.1) is 17.0 Å². The van der Waals surface area contributed by atoms with Gasteiger partial charge in [-0.1, -0.05) is 42.1 Å². The van der Waals surface area contributed by atoms with Gasteiger partial charge in [0.15, 0.2) is 5.16 Å². The zero-order valence-electron chi connectivity index (χ0n) is 17.1. The zero-order valence-corrected chi connectivity index (χ0v) is 17.9. The number of carbonyl (C=O) groups excluding carboxylic acids is 2. The first-order valence-corrected chi connectivity index (χ1v) is 10.9. The van der Waals surface area contributed by atoms with E-state index >= 15 is 0 Å². The molecule has 2 amide bonds. The van der Waals surface area contributed by atoms with Gasteiger partial charge in [0.2, 0.25) is 5.91 Å². The predicted octanol–water partition coefficient (Wildman–Crippen LogP) is 3.60. The second-order valence-electron chi connectivity index (χ2n) is 7.07. The van der Waals surface area contributed by atoms with E-state index in [1.54, 1.807) is 30.5 Å². The van der Waals surface area contributed by atoms with Gasteiger partial charge in [0.1, 0.15) is 0 Å². The largest absolute Gasteiger partial charge is 0.361 e. The van der Waals surface area contributed by atoms with Gasteiger partial charge in [-0.2, -0.15) is 0 Å². The lowest BCUT2D eigenvalue weighted by molar-refractivity contribution is -0.113. The van der Waals surface area contributed by atoms with Gasteiger partial charge in [0, 0.05) is 43.1 Å². The summed E-state index contributed by atoms with van der Waals surface area (Å²) in [5.41, 5.74) is 3.18. The van der Waals surface area contributed by atoms with E-state index in [2.05, 4.69) is 26.7 Å². The number of aromatic amines is 1. The number of thioether (sulfide) groups is 1. The van der Waals surface area contributed by atoms with Crippen LogP contribution in [0.3, 0.4) is 0 Å². The molecular formula is C23H23N5O2S. The minimum Gasteiger partial charge on any atom is -0.361 e. The Kier molecular flexibility index (Phi) is 6.37. The average Bonchev–Trinajstić information content (AvgIpc) is 3.38. The number of hydrogen-bond acceptors (Lipinski definition) is 4. The molecule has 2 aromatic heterocycles. The van der Waals surface area contributed by atoms with Crippen LogP contribution in [0, 0.1) is 0 Å². The first kappa shape index (κ1) is 20.7. The molecule has 0 unspecified atom stereocenters. The number of nitrogens with zero attached hydrogens (tertiary/aromatic N) is 2. The van der Waals surface area contributed by atoms with Crippen LogP contribution in [0.25, 0.3) is 10.9 Å². The normalized spacial score (nSPS) is 10.9. The molecule has 4 rings (SSSR count). The third kappa shape index (κ3) is 4.97. The number of fused-ring (bicyclic) bond motifs is 1. The Labute approximate surface area is 184 Å². The van der Waals surface area contributed by atoms with Crippen molar-refractivity contribution in [1.29, 1.82) is 0 Å². The number of hydrogen-bond donors (Lipinski definition) is 3. The van der Waals surface area contributed by atoms with E-state index in [1.807, 2.05) is 42.2 Å². The van der Waals surface area contributed by atoms with Crippen LogP contribution >= 0.6 is 11.8 Å². The molecule has 0 spiro atoms. The summed E-state index contributed by atoms with van der Waals surface area (Å²) in [7, 11) is 1.88. The quantitative estimate of drug-likeness (QED) is 0.370. The maximum Gasteiger partial charge on any atom is 0.253 e. The van der Waals surface area contributed by atoms with Gasteiger partial charge in [-0.3, -0.25) is 9.59 Å². The number of carbonyl (C=O) groups is 2. The minimum absolute atomic E-state index is 0.188. The Morgan fingerprint density at radius 3 is 2.77 bits per heavy atom. The van der Waals surface area contributed by atoms with Crippen LogP contribution in [0.2, 0.25) is 0 Å². The van der Waals surface area contributed by atoms with Crippen molar-refractivity contribution in [3.05, 3.63) is 78.2 Å². The molecule has 3 N–H and O–H groups in total. The molecule has 7 nitrogen and oxygen atoms in total. The summed E-state index contributed by atoms with van der Waals surface area (Å²) >= 11 is 1.34. The van der Waals surface area contributed by atoms with Gasteiger partial charge in [0.25, 0.3) is 5.91 Å². The highest BCUT2D eigenvalue weighted by Crippen LogP contribution is 2.19. The van der Waals surface area contributed by atoms with Gasteiger partial charge in [-0.15, -0.1) is 0 Å². The summed E-state index contributed by atoms with van der Waals surface area (Å²) < 4.78 is 1.85. The van der Waals surface area contributed by atoms with Crippen molar-refractivity contribution in [3.8, 4) is 0 Å². The third-order valence-electron chi connectivity index (χ3n) is 4.91. The first-order valence-electron chi connectivity index (χ1n) is 9.94. The van der Waals surface area contributed by atoms with Crippen LogP contribution in [0.4, 0.5) is 5.69 Å². The number of rotatable bonds is 8. The molecule has 0 saturated carbocycles. The van der Waals surface area contributed by atoms with E-state index in [0.717, 1.165) is 21.6 Å². The standard InChI is InChI=1S/C23H23N5O2S/c1-28-13-12-25-23(28)31-15-21(29)27-20-9-5-3-7-18(20)22(30)24-11-10-16-14-26-19-8-4-2-6-17(16)19/h2-9,12-14,26H,10-11,15H2,1H3,(H,24,30)(H,27,29). The maximum absolute atomic E-state index is 12.7. The fourth-order valence-electron chi connectivity index (χ4n) is 3.34. The van der Waals surface area contributed by atoms with Crippen molar-refractivity contribution >= 4 is 40.2 Å². The summed E-state index contributed by atoms with van der Waals surface area (Å²) in [6.07, 6.45) is 6.21. The van der Waals surface area contributed by atoms with E-state index in [-0.39, 0.29) is 17.6 Å². The number of benzene rings is 2. The van der Waals surface area contributed by atoms with Crippen molar-refractivity contribution in [2.45, 2.75) is 11.6 Å². The number of H-pyrrole nitrogens is 1.